The highest BCUT2D eigenvalue weighted by Gasteiger charge is 2.06. The summed E-state index contributed by atoms with van der Waals surface area (Å²) in [5.74, 6) is 0. The monoisotopic (exact) mass is 299 g/mol. The lowest BCUT2D eigenvalue weighted by atomic mass is 10.2. The summed E-state index contributed by atoms with van der Waals surface area (Å²) in [5.41, 5.74) is 7.68. The maximum atomic E-state index is 5.90. The highest BCUT2D eigenvalue weighted by Crippen LogP contribution is 2.22. The van der Waals surface area contributed by atoms with E-state index in [1.54, 1.807) is 0 Å². The number of nitrogens with two attached hydrogens (primary N) is 1. The molecule has 96 valence electrons. The van der Waals surface area contributed by atoms with Crippen LogP contribution in [0.4, 0.5) is 11.4 Å². The highest BCUT2D eigenvalue weighted by atomic mass is 79.9. The Morgan fingerprint density at radius 1 is 1.47 bits per heavy atom. The van der Waals surface area contributed by atoms with Crippen LogP contribution in [0.25, 0.3) is 0 Å². The van der Waals surface area contributed by atoms with Crippen LogP contribution in [0.5, 0.6) is 0 Å². The number of hydrogen-bond acceptors (Lipinski definition) is 3. The molecule has 3 N–H and O–H groups in total. The summed E-state index contributed by atoms with van der Waals surface area (Å²) in [5, 5.41) is 3.37. The standard InChI is InChI=1S/C13H22BrN3/c1-4-10(2)17(3)8-7-16-13-9-11(14)5-6-12(13)15/h5-6,9-10,16H,4,7-8,15H2,1-3H3. The second-order valence-electron chi connectivity index (χ2n) is 4.40. The van der Waals surface area contributed by atoms with Gasteiger partial charge in [-0.1, -0.05) is 22.9 Å². The molecule has 1 aromatic carbocycles. The number of halogens is 1. The van der Waals surface area contributed by atoms with Crippen molar-refractivity contribution in [3.63, 3.8) is 0 Å². The fourth-order valence-corrected chi connectivity index (χ4v) is 1.94. The molecule has 1 rings (SSSR count). The normalized spacial score (nSPS) is 12.8. The van der Waals surface area contributed by atoms with E-state index in [9.17, 15) is 0 Å². The van der Waals surface area contributed by atoms with Crippen LogP contribution in [0.1, 0.15) is 20.3 Å². The Bertz CT molecular complexity index is 355. The van der Waals surface area contributed by atoms with Crippen molar-refractivity contribution >= 4 is 27.3 Å². The first-order chi connectivity index (χ1) is 8.04. The molecule has 4 heteroatoms. The molecule has 1 aromatic rings. The van der Waals surface area contributed by atoms with E-state index in [0.29, 0.717) is 6.04 Å². The Hall–Kier alpha value is -0.740. The van der Waals surface area contributed by atoms with Crippen LogP contribution in [0.15, 0.2) is 22.7 Å². The summed E-state index contributed by atoms with van der Waals surface area (Å²) >= 11 is 3.45. The number of benzene rings is 1. The lowest BCUT2D eigenvalue weighted by Gasteiger charge is -2.23. The molecule has 1 unspecified atom stereocenters. The van der Waals surface area contributed by atoms with Gasteiger partial charge in [0.25, 0.3) is 0 Å². The first-order valence-electron chi connectivity index (χ1n) is 6.03. The van der Waals surface area contributed by atoms with Gasteiger partial charge in [0.1, 0.15) is 0 Å². The van der Waals surface area contributed by atoms with Gasteiger partial charge in [-0.05, 0) is 38.6 Å². The summed E-state index contributed by atoms with van der Waals surface area (Å²) in [7, 11) is 2.15. The topological polar surface area (TPSA) is 41.3 Å². The largest absolute Gasteiger partial charge is 0.397 e. The van der Waals surface area contributed by atoms with Crippen molar-refractivity contribution in [3.8, 4) is 0 Å². The molecule has 0 aliphatic heterocycles. The minimum Gasteiger partial charge on any atom is -0.397 e. The van der Waals surface area contributed by atoms with Crippen LogP contribution in [0.3, 0.4) is 0 Å². The van der Waals surface area contributed by atoms with Gasteiger partial charge in [-0.3, -0.25) is 0 Å². The molecule has 0 fully saturated rings. The average Bonchev–Trinajstić information content (AvgIpc) is 2.32. The first kappa shape index (κ1) is 14.3. The molecule has 1 atom stereocenters. The van der Waals surface area contributed by atoms with Crippen LogP contribution < -0.4 is 11.1 Å². The number of rotatable bonds is 6. The summed E-state index contributed by atoms with van der Waals surface area (Å²) in [6.07, 6.45) is 1.18. The zero-order valence-electron chi connectivity index (χ0n) is 10.8. The van der Waals surface area contributed by atoms with Gasteiger partial charge in [0, 0.05) is 23.6 Å². The van der Waals surface area contributed by atoms with Crippen LogP contribution >= 0.6 is 15.9 Å². The van der Waals surface area contributed by atoms with Crippen LogP contribution in [0.2, 0.25) is 0 Å². The second-order valence-corrected chi connectivity index (χ2v) is 5.31. The number of nitrogens with zero attached hydrogens (tertiary/aromatic N) is 1. The Labute approximate surface area is 113 Å². The molecule has 0 saturated heterocycles. The Morgan fingerprint density at radius 3 is 2.82 bits per heavy atom. The molecular weight excluding hydrogens is 278 g/mol. The molecule has 0 bridgehead atoms. The molecule has 3 nitrogen and oxygen atoms in total. The number of nitrogen functional groups attached to an aromatic ring is 1. The smallest absolute Gasteiger partial charge is 0.0585 e. The van der Waals surface area contributed by atoms with E-state index in [2.05, 4.69) is 47.0 Å². The van der Waals surface area contributed by atoms with E-state index < -0.39 is 0 Å². The zero-order chi connectivity index (χ0) is 12.8. The van der Waals surface area contributed by atoms with Crippen molar-refractivity contribution in [1.82, 2.24) is 4.90 Å². The van der Waals surface area contributed by atoms with Crippen molar-refractivity contribution < 1.29 is 0 Å². The van der Waals surface area contributed by atoms with Gasteiger partial charge < -0.3 is 16.0 Å². The molecule has 17 heavy (non-hydrogen) atoms. The number of nitrogens with one attached hydrogen (secondary N) is 1. The SMILES string of the molecule is CCC(C)N(C)CCNc1cc(Br)ccc1N. The van der Waals surface area contributed by atoms with Crippen LogP contribution in [-0.2, 0) is 0 Å². The molecule has 0 saturated carbocycles. The number of hydrogen-bond donors (Lipinski definition) is 2. The quantitative estimate of drug-likeness (QED) is 0.793. The maximum absolute atomic E-state index is 5.90. The van der Waals surface area contributed by atoms with E-state index in [4.69, 9.17) is 5.73 Å². The first-order valence-corrected chi connectivity index (χ1v) is 6.83. The van der Waals surface area contributed by atoms with Crippen molar-refractivity contribution in [2.24, 2.45) is 0 Å². The Balaban J connectivity index is 2.43. The second kappa shape index (κ2) is 6.87. The van der Waals surface area contributed by atoms with Gasteiger partial charge in [0.05, 0.1) is 11.4 Å². The van der Waals surface area contributed by atoms with Crippen molar-refractivity contribution in [2.75, 3.05) is 31.2 Å². The van der Waals surface area contributed by atoms with E-state index in [-0.39, 0.29) is 0 Å². The molecule has 0 aliphatic carbocycles. The highest BCUT2D eigenvalue weighted by molar-refractivity contribution is 9.10. The number of likely N-dealkylation sites (N-methyl/N-ethyl adjacent to an activating group) is 1. The van der Waals surface area contributed by atoms with Gasteiger partial charge in [-0.25, -0.2) is 0 Å². The van der Waals surface area contributed by atoms with Crippen LogP contribution in [0, 0.1) is 0 Å². The molecule has 0 amide bonds. The summed E-state index contributed by atoms with van der Waals surface area (Å²) in [6, 6.07) is 6.49. The lowest BCUT2D eigenvalue weighted by Crippen LogP contribution is -2.32. The third kappa shape index (κ3) is 4.56. The fourth-order valence-electron chi connectivity index (χ4n) is 1.58. The van der Waals surface area contributed by atoms with E-state index >= 15 is 0 Å². The Kier molecular flexibility index (Phi) is 5.78. The van der Waals surface area contributed by atoms with E-state index in [1.807, 2.05) is 18.2 Å². The summed E-state index contributed by atoms with van der Waals surface area (Å²) < 4.78 is 1.05. The van der Waals surface area contributed by atoms with Crippen molar-refractivity contribution in [2.45, 2.75) is 26.3 Å². The Morgan fingerprint density at radius 2 is 2.18 bits per heavy atom. The van der Waals surface area contributed by atoms with Crippen LogP contribution in [-0.4, -0.2) is 31.1 Å². The zero-order valence-corrected chi connectivity index (χ0v) is 12.4. The van der Waals surface area contributed by atoms with Gasteiger partial charge >= 0.3 is 0 Å². The predicted octanol–water partition coefficient (Wildman–Crippen LogP) is 3.17. The lowest BCUT2D eigenvalue weighted by molar-refractivity contribution is 0.261. The summed E-state index contributed by atoms with van der Waals surface area (Å²) in [4.78, 5) is 2.35. The maximum Gasteiger partial charge on any atom is 0.0585 e. The fraction of sp³-hybridized carbons (Fsp3) is 0.538. The third-order valence-corrected chi connectivity index (χ3v) is 3.63. The van der Waals surface area contributed by atoms with Gasteiger partial charge in [-0.15, -0.1) is 0 Å². The van der Waals surface area contributed by atoms with Gasteiger partial charge in [-0.2, -0.15) is 0 Å². The number of anilines is 2. The molecular formula is C13H22BrN3. The van der Waals surface area contributed by atoms with Crippen molar-refractivity contribution in [3.05, 3.63) is 22.7 Å². The summed E-state index contributed by atoms with van der Waals surface area (Å²) in [6.45, 7) is 6.37. The van der Waals surface area contributed by atoms with Gasteiger partial charge in [0.15, 0.2) is 0 Å². The molecule has 0 aliphatic rings. The predicted molar refractivity (Wildman–Crippen MR) is 79.4 cm³/mol. The minimum absolute atomic E-state index is 0.622. The van der Waals surface area contributed by atoms with Crippen molar-refractivity contribution in [1.29, 1.82) is 0 Å². The molecule has 0 heterocycles. The third-order valence-electron chi connectivity index (χ3n) is 3.14. The van der Waals surface area contributed by atoms with Gasteiger partial charge in [0.2, 0.25) is 0 Å². The molecule has 0 radical (unpaired) electrons. The molecule has 0 spiro atoms. The van der Waals surface area contributed by atoms with E-state index in [0.717, 1.165) is 28.9 Å². The molecule has 0 aromatic heterocycles. The average molecular weight is 300 g/mol. The minimum atomic E-state index is 0.622. The van der Waals surface area contributed by atoms with E-state index in [1.165, 1.54) is 6.42 Å².